The summed E-state index contributed by atoms with van der Waals surface area (Å²) >= 11 is 0. The average molecular weight is 241 g/mol. The first-order chi connectivity index (χ1) is 7.73. The van der Waals surface area contributed by atoms with Crippen LogP contribution in [-0.2, 0) is 9.53 Å². The average Bonchev–Trinajstić information content (AvgIpc) is 2.16. The van der Waals surface area contributed by atoms with Gasteiger partial charge in [-0.1, -0.05) is 12.2 Å². The minimum atomic E-state index is -1.32. The summed E-state index contributed by atoms with van der Waals surface area (Å²) in [5.41, 5.74) is -0.382. The van der Waals surface area contributed by atoms with Crippen LogP contribution in [0.5, 0.6) is 0 Å². The minimum Gasteiger partial charge on any atom is -0.463 e. The van der Waals surface area contributed by atoms with Crippen LogP contribution in [0, 0.1) is 10.1 Å². The third-order valence-corrected chi connectivity index (χ3v) is 2.15. The van der Waals surface area contributed by atoms with Gasteiger partial charge < -0.3 is 4.74 Å². The number of carbonyl (C=O) groups excluding carboxylic acids is 1. The topological polar surface area (TPSA) is 69.4 Å². The summed E-state index contributed by atoms with van der Waals surface area (Å²) in [6, 6.07) is 0. The van der Waals surface area contributed by atoms with Crippen LogP contribution in [-0.4, -0.2) is 23.0 Å². The van der Waals surface area contributed by atoms with Gasteiger partial charge in [0, 0.05) is 17.4 Å². The molecule has 1 unspecified atom stereocenters. The van der Waals surface area contributed by atoms with E-state index in [1.807, 2.05) is 0 Å². The highest BCUT2D eigenvalue weighted by atomic mass is 16.6. The molecule has 0 rings (SSSR count). The lowest BCUT2D eigenvalue weighted by molar-refractivity contribution is -0.549. The second-order valence-corrected chi connectivity index (χ2v) is 4.34. The van der Waals surface area contributed by atoms with E-state index in [0.29, 0.717) is 0 Å². The van der Waals surface area contributed by atoms with Crippen LogP contribution in [0.15, 0.2) is 23.8 Å². The van der Waals surface area contributed by atoms with Crippen LogP contribution in [0.3, 0.4) is 0 Å². The van der Waals surface area contributed by atoms with Crippen molar-refractivity contribution in [1.29, 1.82) is 0 Å². The molecule has 0 aromatic heterocycles. The largest absolute Gasteiger partial charge is 0.463 e. The molecule has 0 fully saturated rings. The Morgan fingerprint density at radius 3 is 2.41 bits per heavy atom. The second kappa shape index (κ2) is 6.18. The zero-order valence-electron chi connectivity index (χ0n) is 10.8. The van der Waals surface area contributed by atoms with E-state index in [0.717, 1.165) is 5.57 Å². The van der Waals surface area contributed by atoms with Crippen molar-refractivity contribution < 1.29 is 14.5 Å². The molecule has 1 atom stereocenters. The second-order valence-electron chi connectivity index (χ2n) is 4.34. The van der Waals surface area contributed by atoms with Crippen molar-refractivity contribution >= 4 is 5.97 Å². The molecular formula is C12H19NO4. The molecule has 0 amide bonds. The van der Waals surface area contributed by atoms with Gasteiger partial charge in [0.1, 0.15) is 0 Å². The number of hydrogen-bond donors (Lipinski definition) is 0. The maximum Gasteiger partial charge on any atom is 0.333 e. The third kappa shape index (κ3) is 4.80. The lowest BCUT2D eigenvalue weighted by Gasteiger charge is -2.18. The van der Waals surface area contributed by atoms with Crippen LogP contribution in [0.25, 0.3) is 0 Å². The molecule has 0 radical (unpaired) electrons. The van der Waals surface area contributed by atoms with Crippen molar-refractivity contribution in [3.63, 3.8) is 0 Å². The maximum atomic E-state index is 11.4. The fraction of sp³-hybridized carbons (Fsp3) is 0.583. The Labute approximate surface area is 101 Å². The molecule has 0 saturated carbocycles. The lowest BCUT2D eigenvalue weighted by atomic mass is 9.92. The third-order valence-electron chi connectivity index (χ3n) is 2.15. The molecule has 0 aliphatic carbocycles. The monoisotopic (exact) mass is 241 g/mol. The Balaban J connectivity index is 4.91. The normalized spacial score (nSPS) is 13.4. The highest BCUT2D eigenvalue weighted by molar-refractivity contribution is 5.87. The van der Waals surface area contributed by atoms with Gasteiger partial charge in [0.25, 0.3) is 0 Å². The first kappa shape index (κ1) is 15.3. The lowest BCUT2D eigenvalue weighted by Crippen LogP contribution is -2.34. The molecule has 0 bridgehead atoms. The minimum absolute atomic E-state index is 0.0516. The molecule has 0 saturated heterocycles. The van der Waals surface area contributed by atoms with E-state index in [2.05, 4.69) is 6.58 Å². The zero-order chi connectivity index (χ0) is 13.6. The Morgan fingerprint density at radius 2 is 2.06 bits per heavy atom. The quantitative estimate of drug-likeness (QED) is 0.235. The molecule has 0 N–H and O–H groups in total. The van der Waals surface area contributed by atoms with Crippen LogP contribution < -0.4 is 0 Å². The number of esters is 1. The van der Waals surface area contributed by atoms with E-state index >= 15 is 0 Å². The first-order valence-corrected chi connectivity index (χ1v) is 5.38. The van der Waals surface area contributed by atoms with Crippen molar-refractivity contribution in [3.8, 4) is 0 Å². The van der Waals surface area contributed by atoms with Gasteiger partial charge in [0.2, 0.25) is 5.54 Å². The summed E-state index contributed by atoms with van der Waals surface area (Å²) in [7, 11) is 0. The SMILES string of the molecule is C=C(CC(C)(C=C(C)C)[N+](=O)[O-])C(=O)OCC. The van der Waals surface area contributed by atoms with E-state index in [-0.39, 0.29) is 18.6 Å². The van der Waals surface area contributed by atoms with Gasteiger partial charge in [-0.25, -0.2) is 4.79 Å². The molecule has 0 aliphatic rings. The zero-order valence-corrected chi connectivity index (χ0v) is 10.8. The predicted octanol–water partition coefficient (Wildman–Crippen LogP) is 2.50. The van der Waals surface area contributed by atoms with E-state index in [4.69, 9.17) is 4.74 Å². The van der Waals surface area contributed by atoms with Crippen LogP contribution >= 0.6 is 0 Å². The summed E-state index contributed by atoms with van der Waals surface area (Å²) < 4.78 is 4.75. The molecule has 5 heteroatoms. The number of nitro groups is 1. The summed E-state index contributed by atoms with van der Waals surface area (Å²) in [5.74, 6) is -0.581. The maximum absolute atomic E-state index is 11.4. The standard InChI is InChI=1S/C12H19NO4/c1-6-17-11(14)10(4)8-12(5,13(15)16)7-9(2)3/h7H,4,6,8H2,1-3,5H3. The van der Waals surface area contributed by atoms with Crippen LogP contribution in [0.2, 0.25) is 0 Å². The molecule has 0 aliphatic heterocycles. The predicted molar refractivity (Wildman–Crippen MR) is 65.2 cm³/mol. The van der Waals surface area contributed by atoms with Gasteiger partial charge >= 0.3 is 5.97 Å². The molecule has 17 heavy (non-hydrogen) atoms. The highest BCUT2D eigenvalue weighted by Crippen LogP contribution is 2.23. The summed E-state index contributed by atoms with van der Waals surface area (Å²) in [6.07, 6.45) is 1.47. The van der Waals surface area contributed by atoms with Crippen LogP contribution in [0.4, 0.5) is 0 Å². The molecule has 96 valence electrons. The molecular weight excluding hydrogens is 222 g/mol. The smallest absolute Gasteiger partial charge is 0.333 e. The molecule has 0 spiro atoms. The number of allylic oxidation sites excluding steroid dienone is 1. The fourth-order valence-corrected chi connectivity index (χ4v) is 1.53. The van der Waals surface area contributed by atoms with Gasteiger partial charge in [0.05, 0.1) is 13.0 Å². The summed E-state index contributed by atoms with van der Waals surface area (Å²) in [4.78, 5) is 22.0. The van der Waals surface area contributed by atoms with Crippen molar-refractivity contribution in [2.45, 2.75) is 39.7 Å². The van der Waals surface area contributed by atoms with Gasteiger partial charge in [0.15, 0.2) is 0 Å². The Kier molecular flexibility index (Phi) is 5.58. The molecule has 0 aromatic rings. The van der Waals surface area contributed by atoms with Crippen molar-refractivity contribution in [2.24, 2.45) is 0 Å². The number of ether oxygens (including phenoxy) is 1. The fourth-order valence-electron chi connectivity index (χ4n) is 1.53. The van der Waals surface area contributed by atoms with Crippen molar-refractivity contribution in [1.82, 2.24) is 0 Å². The van der Waals surface area contributed by atoms with E-state index in [1.54, 1.807) is 20.8 Å². The van der Waals surface area contributed by atoms with Gasteiger partial charge in [-0.2, -0.15) is 0 Å². The van der Waals surface area contributed by atoms with Crippen molar-refractivity contribution in [2.75, 3.05) is 6.61 Å². The Morgan fingerprint density at radius 1 is 1.53 bits per heavy atom. The summed E-state index contributed by atoms with van der Waals surface area (Å²) in [6.45, 7) is 10.5. The Hall–Kier alpha value is -1.65. The number of nitrogens with zero attached hydrogens (tertiary/aromatic N) is 1. The number of rotatable bonds is 6. The van der Waals surface area contributed by atoms with Gasteiger partial charge in [-0.3, -0.25) is 10.1 Å². The van der Waals surface area contributed by atoms with E-state index in [9.17, 15) is 14.9 Å². The number of carbonyl (C=O) groups is 1. The van der Waals surface area contributed by atoms with Gasteiger partial charge in [-0.05, 0) is 26.8 Å². The molecule has 0 heterocycles. The number of hydrogen-bond acceptors (Lipinski definition) is 4. The summed E-state index contributed by atoms with van der Waals surface area (Å²) in [5, 5.41) is 11.0. The molecule has 0 aromatic carbocycles. The van der Waals surface area contributed by atoms with Crippen LogP contribution in [0.1, 0.15) is 34.1 Å². The molecule has 5 nitrogen and oxygen atoms in total. The van der Waals surface area contributed by atoms with Crippen molar-refractivity contribution in [3.05, 3.63) is 33.9 Å². The van der Waals surface area contributed by atoms with E-state index < -0.39 is 16.4 Å². The Bertz CT molecular complexity index is 356. The first-order valence-electron chi connectivity index (χ1n) is 5.38. The van der Waals surface area contributed by atoms with E-state index in [1.165, 1.54) is 13.0 Å². The highest BCUT2D eigenvalue weighted by Gasteiger charge is 2.36. The van der Waals surface area contributed by atoms with Gasteiger partial charge in [-0.15, -0.1) is 0 Å².